The summed E-state index contributed by atoms with van der Waals surface area (Å²) in [6.07, 6.45) is 0.185. The third kappa shape index (κ3) is 3.01. The quantitative estimate of drug-likeness (QED) is 0.736. The van der Waals surface area contributed by atoms with Crippen LogP contribution in [0.4, 0.5) is 9.18 Å². The van der Waals surface area contributed by atoms with Crippen molar-refractivity contribution in [2.75, 3.05) is 13.6 Å². The number of hydrogen-bond acceptors (Lipinski definition) is 4. The number of nitrogens with zero attached hydrogens (tertiary/aromatic N) is 1. The van der Waals surface area contributed by atoms with Crippen LogP contribution >= 0.6 is 0 Å². The molecule has 2 saturated heterocycles. The van der Waals surface area contributed by atoms with Crippen LogP contribution in [0.2, 0.25) is 0 Å². The highest BCUT2D eigenvalue weighted by Crippen LogP contribution is 2.39. The van der Waals surface area contributed by atoms with Gasteiger partial charge < -0.3 is 18.9 Å². The van der Waals surface area contributed by atoms with Crippen LogP contribution in [0.15, 0.2) is 11.8 Å². The molecule has 0 spiro atoms. The summed E-state index contributed by atoms with van der Waals surface area (Å²) in [5, 5.41) is 0. The van der Waals surface area contributed by atoms with Crippen LogP contribution in [0.25, 0.3) is 0 Å². The van der Waals surface area contributed by atoms with Crippen molar-refractivity contribution in [2.24, 2.45) is 5.41 Å². The standard InChI is InChI=1S/C15H25BFNO4/c1-13(2)9-18(7)12(19)20-10(13)8-11(17)16-21-14(3,4)15(5,6)22-16/h8,10H,9H2,1-7H3. The average molecular weight is 313 g/mol. The summed E-state index contributed by atoms with van der Waals surface area (Å²) in [5.41, 5.74) is -2.18. The monoisotopic (exact) mass is 313 g/mol. The fourth-order valence-electron chi connectivity index (χ4n) is 2.56. The summed E-state index contributed by atoms with van der Waals surface area (Å²) < 4.78 is 31.2. The second-order valence-electron chi connectivity index (χ2n) is 7.79. The Morgan fingerprint density at radius 3 is 2.23 bits per heavy atom. The van der Waals surface area contributed by atoms with Crippen molar-refractivity contribution in [3.05, 3.63) is 11.8 Å². The molecule has 1 amide bonds. The lowest BCUT2D eigenvalue weighted by molar-refractivity contribution is -0.0201. The van der Waals surface area contributed by atoms with Crippen LogP contribution < -0.4 is 0 Å². The topological polar surface area (TPSA) is 48.0 Å². The molecule has 0 aliphatic carbocycles. The Morgan fingerprint density at radius 2 is 1.73 bits per heavy atom. The van der Waals surface area contributed by atoms with E-state index in [-0.39, 0.29) is 0 Å². The van der Waals surface area contributed by atoms with Gasteiger partial charge in [-0.1, -0.05) is 13.8 Å². The van der Waals surface area contributed by atoms with Gasteiger partial charge in [0, 0.05) is 19.0 Å². The molecule has 7 heteroatoms. The van der Waals surface area contributed by atoms with Crippen molar-refractivity contribution >= 4 is 13.2 Å². The first-order valence-corrected chi connectivity index (χ1v) is 7.50. The predicted molar refractivity (Wildman–Crippen MR) is 82.0 cm³/mol. The Balaban J connectivity index is 2.17. The maximum Gasteiger partial charge on any atom is 0.525 e. The highest BCUT2D eigenvalue weighted by Gasteiger charge is 2.53. The van der Waals surface area contributed by atoms with Gasteiger partial charge in [0.2, 0.25) is 0 Å². The number of ether oxygens (including phenoxy) is 1. The lowest BCUT2D eigenvalue weighted by Crippen LogP contribution is -2.50. The first kappa shape index (κ1) is 17.3. The molecule has 0 radical (unpaired) electrons. The van der Waals surface area contributed by atoms with E-state index in [0.717, 1.165) is 0 Å². The average Bonchev–Trinajstić information content (AvgIpc) is 2.55. The molecular weight excluding hydrogens is 288 g/mol. The Morgan fingerprint density at radius 1 is 1.23 bits per heavy atom. The largest absolute Gasteiger partial charge is 0.525 e. The molecule has 124 valence electrons. The molecule has 0 aromatic rings. The van der Waals surface area contributed by atoms with Crippen molar-refractivity contribution in [3.8, 4) is 0 Å². The molecular formula is C15H25BFNO4. The molecule has 0 N–H and O–H groups in total. The van der Waals surface area contributed by atoms with Gasteiger partial charge in [-0.3, -0.25) is 0 Å². The predicted octanol–water partition coefficient (Wildman–Crippen LogP) is 2.95. The Bertz CT molecular complexity index is 488. The van der Waals surface area contributed by atoms with E-state index in [0.29, 0.717) is 6.54 Å². The van der Waals surface area contributed by atoms with Crippen LogP contribution in [-0.2, 0) is 14.0 Å². The summed E-state index contributed by atoms with van der Waals surface area (Å²) in [4.78, 5) is 13.2. The van der Waals surface area contributed by atoms with Gasteiger partial charge in [0.1, 0.15) is 11.8 Å². The SMILES string of the molecule is CN1CC(C)(C)C(C=C(F)B2OC(C)(C)C(C)(C)O2)OC1=O. The van der Waals surface area contributed by atoms with Gasteiger partial charge in [-0.25, -0.2) is 9.18 Å². The van der Waals surface area contributed by atoms with Crippen LogP contribution in [0, 0.1) is 5.41 Å². The third-order valence-electron chi connectivity index (χ3n) is 4.74. The lowest BCUT2D eigenvalue weighted by atomic mass is 9.80. The Hall–Kier alpha value is -1.08. The number of rotatable bonds is 2. The van der Waals surface area contributed by atoms with Gasteiger partial charge in [-0.2, -0.15) is 0 Å². The van der Waals surface area contributed by atoms with Crippen LogP contribution in [0.1, 0.15) is 41.5 Å². The molecule has 5 nitrogen and oxygen atoms in total. The van der Waals surface area contributed by atoms with E-state index in [1.807, 2.05) is 41.5 Å². The number of halogens is 1. The molecule has 2 fully saturated rings. The highest BCUT2D eigenvalue weighted by molar-refractivity contribution is 6.53. The summed E-state index contributed by atoms with van der Waals surface area (Å²) >= 11 is 0. The van der Waals surface area contributed by atoms with Crippen LogP contribution in [-0.4, -0.2) is 49.0 Å². The van der Waals surface area contributed by atoms with Gasteiger partial charge in [0.05, 0.1) is 11.2 Å². The highest BCUT2D eigenvalue weighted by atomic mass is 19.1. The number of cyclic esters (lactones) is 1. The van der Waals surface area contributed by atoms with E-state index < -0.39 is 41.7 Å². The Labute approximate surface area is 131 Å². The van der Waals surface area contributed by atoms with E-state index in [9.17, 15) is 9.18 Å². The minimum Gasteiger partial charge on any atom is -0.441 e. The lowest BCUT2D eigenvalue weighted by Gasteiger charge is -2.40. The van der Waals surface area contributed by atoms with E-state index in [2.05, 4.69) is 0 Å². The zero-order chi connectivity index (χ0) is 16.9. The summed E-state index contributed by atoms with van der Waals surface area (Å²) in [7, 11) is 0.591. The van der Waals surface area contributed by atoms with Gasteiger partial charge >= 0.3 is 13.2 Å². The third-order valence-corrected chi connectivity index (χ3v) is 4.74. The molecule has 0 aromatic carbocycles. The summed E-state index contributed by atoms with van der Waals surface area (Å²) in [6.45, 7) is 11.8. The van der Waals surface area contributed by atoms with Gasteiger partial charge in [-0.15, -0.1) is 0 Å². The van der Waals surface area contributed by atoms with Crippen LogP contribution in [0.3, 0.4) is 0 Å². The van der Waals surface area contributed by atoms with E-state index >= 15 is 0 Å². The van der Waals surface area contributed by atoms with E-state index in [1.165, 1.54) is 11.0 Å². The van der Waals surface area contributed by atoms with Crippen LogP contribution in [0.5, 0.6) is 0 Å². The number of carbonyl (C=O) groups excluding carboxylic acids is 1. The molecule has 0 bridgehead atoms. The minimum atomic E-state index is -1.07. The smallest absolute Gasteiger partial charge is 0.441 e. The van der Waals surface area contributed by atoms with Crippen molar-refractivity contribution < 1.29 is 23.2 Å². The molecule has 0 aromatic heterocycles. The molecule has 22 heavy (non-hydrogen) atoms. The fourth-order valence-corrected chi connectivity index (χ4v) is 2.56. The van der Waals surface area contributed by atoms with Gasteiger partial charge in [0.25, 0.3) is 0 Å². The molecule has 1 unspecified atom stereocenters. The maximum absolute atomic E-state index is 14.6. The fraction of sp³-hybridized carbons (Fsp3) is 0.800. The molecule has 2 rings (SSSR count). The zero-order valence-electron chi connectivity index (χ0n) is 14.4. The zero-order valence-corrected chi connectivity index (χ0v) is 14.4. The molecule has 2 aliphatic heterocycles. The summed E-state index contributed by atoms with van der Waals surface area (Å²) in [5.74, 6) is 0. The Kier molecular flexibility index (Phi) is 4.11. The molecule has 0 saturated carbocycles. The second kappa shape index (κ2) is 5.23. The molecule has 2 heterocycles. The van der Waals surface area contributed by atoms with Gasteiger partial charge in [0.15, 0.2) is 0 Å². The molecule has 2 aliphatic rings. The normalized spacial score (nSPS) is 30.5. The van der Waals surface area contributed by atoms with Gasteiger partial charge in [-0.05, 0) is 33.8 Å². The van der Waals surface area contributed by atoms with Crippen molar-refractivity contribution in [2.45, 2.75) is 58.8 Å². The minimum absolute atomic E-state index is 0.399. The first-order valence-electron chi connectivity index (χ1n) is 7.50. The van der Waals surface area contributed by atoms with Crippen molar-refractivity contribution in [3.63, 3.8) is 0 Å². The number of carbonyl (C=O) groups is 1. The number of amides is 1. The first-order chi connectivity index (χ1) is 9.86. The van der Waals surface area contributed by atoms with E-state index in [4.69, 9.17) is 14.0 Å². The van der Waals surface area contributed by atoms with Crippen molar-refractivity contribution in [1.29, 1.82) is 0 Å². The second-order valence-corrected chi connectivity index (χ2v) is 7.79. The maximum atomic E-state index is 14.6. The van der Waals surface area contributed by atoms with E-state index in [1.54, 1.807) is 7.05 Å². The number of hydrogen-bond donors (Lipinski definition) is 0. The molecule has 1 atom stereocenters. The summed E-state index contributed by atoms with van der Waals surface area (Å²) in [6, 6.07) is 0. The van der Waals surface area contributed by atoms with Crippen molar-refractivity contribution in [1.82, 2.24) is 4.90 Å².